The van der Waals surface area contributed by atoms with Crippen LogP contribution in [-0.2, 0) is 32.1 Å². The summed E-state index contributed by atoms with van der Waals surface area (Å²) in [5.74, 6) is 1.05. The highest BCUT2D eigenvalue weighted by Crippen LogP contribution is 2.29. The second-order valence-corrected chi connectivity index (χ2v) is 11.7. The second-order valence-electron chi connectivity index (χ2n) is 11.7. The van der Waals surface area contributed by atoms with Gasteiger partial charge in [-0.2, -0.15) is 0 Å². The van der Waals surface area contributed by atoms with Crippen molar-refractivity contribution in [2.24, 2.45) is 11.3 Å². The summed E-state index contributed by atoms with van der Waals surface area (Å²) in [7, 11) is 1.59. The van der Waals surface area contributed by atoms with Gasteiger partial charge < -0.3 is 23.8 Å². The highest BCUT2D eigenvalue weighted by atomic mass is 16.6. The van der Waals surface area contributed by atoms with E-state index in [4.69, 9.17) is 19.2 Å². The number of nitrogens with zero attached hydrogens (tertiary/aromatic N) is 2. The molecule has 1 aliphatic rings. The van der Waals surface area contributed by atoms with E-state index in [-0.39, 0.29) is 23.0 Å². The van der Waals surface area contributed by atoms with Gasteiger partial charge in [0.15, 0.2) is 0 Å². The maximum absolute atomic E-state index is 13.0. The molecule has 0 aliphatic carbocycles. The third kappa shape index (κ3) is 7.15. The third-order valence-corrected chi connectivity index (χ3v) is 7.27. The number of esters is 1. The van der Waals surface area contributed by atoms with Gasteiger partial charge in [0, 0.05) is 50.7 Å². The zero-order chi connectivity index (χ0) is 28.2. The molecule has 3 aromatic rings. The zero-order valence-electron chi connectivity index (χ0n) is 24.0. The van der Waals surface area contributed by atoms with Gasteiger partial charge in [0.05, 0.1) is 17.6 Å². The summed E-state index contributed by atoms with van der Waals surface area (Å²) >= 11 is 0. The average molecular weight is 539 g/mol. The van der Waals surface area contributed by atoms with Crippen molar-refractivity contribution in [2.75, 3.05) is 26.9 Å². The maximum Gasteiger partial charge on any atom is 0.324 e. The predicted molar refractivity (Wildman–Crippen MR) is 152 cm³/mol. The number of aromatic nitrogens is 3. The minimum absolute atomic E-state index is 0.0947. The van der Waals surface area contributed by atoms with Gasteiger partial charge in [0.1, 0.15) is 18.0 Å². The fraction of sp³-hybridized carbons (Fsp3) is 0.567. The fourth-order valence-corrected chi connectivity index (χ4v) is 5.10. The average Bonchev–Trinajstić information content (AvgIpc) is 3.23. The summed E-state index contributed by atoms with van der Waals surface area (Å²) in [5, 5.41) is 3.42. The predicted octanol–water partition coefficient (Wildman–Crippen LogP) is 4.21. The lowest BCUT2D eigenvalue weighted by Crippen LogP contribution is -2.48. The van der Waals surface area contributed by atoms with E-state index in [1.807, 2.05) is 40.7 Å². The van der Waals surface area contributed by atoms with Crippen LogP contribution in [0.4, 0.5) is 0 Å². The maximum atomic E-state index is 13.0. The number of nitrogens with one attached hydrogen (secondary N) is 2. The van der Waals surface area contributed by atoms with Crippen LogP contribution in [0.2, 0.25) is 0 Å². The van der Waals surface area contributed by atoms with Gasteiger partial charge in [0.2, 0.25) is 0 Å². The van der Waals surface area contributed by atoms with Crippen molar-refractivity contribution in [3.05, 3.63) is 51.9 Å². The van der Waals surface area contributed by atoms with Crippen LogP contribution in [0.1, 0.15) is 51.7 Å². The zero-order valence-corrected chi connectivity index (χ0v) is 24.0. The molecule has 1 aromatic carbocycles. The topological polar surface area (TPSA) is 107 Å². The van der Waals surface area contributed by atoms with E-state index in [9.17, 15) is 9.59 Å². The van der Waals surface area contributed by atoms with Crippen molar-refractivity contribution >= 4 is 17.0 Å². The number of imidazole rings is 1. The molecule has 1 saturated heterocycles. The van der Waals surface area contributed by atoms with Crippen molar-refractivity contribution in [2.45, 2.75) is 72.7 Å². The van der Waals surface area contributed by atoms with E-state index in [0.717, 1.165) is 60.6 Å². The first-order chi connectivity index (χ1) is 18.6. The molecule has 0 radical (unpaired) electrons. The number of H-pyrrole nitrogens is 1. The normalized spacial score (nSPS) is 16.4. The number of fused-ring (bicyclic) bond motifs is 1. The number of ether oxygens (including phenoxy) is 3. The summed E-state index contributed by atoms with van der Waals surface area (Å²) in [6, 6.07) is 7.67. The summed E-state index contributed by atoms with van der Waals surface area (Å²) < 4.78 is 18.6. The van der Waals surface area contributed by atoms with E-state index in [0.29, 0.717) is 24.6 Å². The van der Waals surface area contributed by atoms with Crippen molar-refractivity contribution in [1.82, 2.24) is 19.9 Å². The molecule has 0 bridgehead atoms. The lowest BCUT2D eigenvalue weighted by Gasteiger charge is -2.30. The Bertz CT molecular complexity index is 1330. The number of rotatable bonds is 10. The summed E-state index contributed by atoms with van der Waals surface area (Å²) in [6.45, 7) is 12.9. The van der Waals surface area contributed by atoms with Gasteiger partial charge in [-0.3, -0.25) is 14.9 Å². The van der Waals surface area contributed by atoms with E-state index in [1.54, 1.807) is 13.3 Å². The summed E-state index contributed by atoms with van der Waals surface area (Å²) in [4.78, 5) is 32.8. The van der Waals surface area contributed by atoms with Crippen molar-refractivity contribution in [1.29, 1.82) is 0 Å². The number of aromatic amines is 1. The first kappa shape index (κ1) is 29.0. The first-order valence-corrected chi connectivity index (χ1v) is 13.8. The van der Waals surface area contributed by atoms with Crippen molar-refractivity contribution in [3.8, 4) is 11.4 Å². The molecule has 9 heteroatoms. The van der Waals surface area contributed by atoms with Crippen LogP contribution < -0.4 is 10.9 Å². The number of hydrogen-bond acceptors (Lipinski definition) is 7. The summed E-state index contributed by atoms with van der Waals surface area (Å²) in [6.07, 6.45) is 3.45. The molecule has 2 unspecified atom stereocenters. The van der Waals surface area contributed by atoms with Crippen LogP contribution in [0, 0.1) is 18.3 Å². The quantitative estimate of drug-likeness (QED) is 0.372. The van der Waals surface area contributed by atoms with Crippen molar-refractivity contribution in [3.63, 3.8) is 0 Å². The van der Waals surface area contributed by atoms with E-state index in [1.165, 1.54) is 0 Å². The van der Waals surface area contributed by atoms with Crippen molar-refractivity contribution < 1.29 is 19.0 Å². The SMILES string of the molecule is COCC(C)OC(=O)C(NCc1ccc2c(c1)nc(-c1c[nH]c(=O)c(C)c1)n2CC1CCOCC1)C(C)(C)C. The Hall–Kier alpha value is -3.01. The molecule has 3 heterocycles. The molecule has 2 atom stereocenters. The van der Waals surface area contributed by atoms with Gasteiger partial charge >= 0.3 is 5.97 Å². The molecule has 4 rings (SSSR count). The molecule has 0 amide bonds. The molecule has 212 valence electrons. The Kier molecular flexibility index (Phi) is 9.25. The van der Waals surface area contributed by atoms with E-state index in [2.05, 4.69) is 33.1 Å². The van der Waals surface area contributed by atoms with Gasteiger partial charge in [0.25, 0.3) is 5.56 Å². The van der Waals surface area contributed by atoms with Crippen LogP contribution in [0.5, 0.6) is 0 Å². The van der Waals surface area contributed by atoms with Gasteiger partial charge in [-0.1, -0.05) is 26.8 Å². The van der Waals surface area contributed by atoms with Crippen LogP contribution in [0.25, 0.3) is 22.4 Å². The Balaban J connectivity index is 1.62. The largest absolute Gasteiger partial charge is 0.459 e. The number of methoxy groups -OCH3 is 1. The standard InChI is InChI=1S/C30H42N4O5/c1-19-13-23(16-32-28(19)35)27-33-24-14-22(7-8-25(24)34(27)17-21-9-11-38-12-10-21)15-31-26(30(3,4)5)29(36)39-20(2)18-37-6/h7-8,13-14,16,20-21,26,31H,9-12,15,17-18H2,1-6H3,(H,32,35). The van der Waals surface area contributed by atoms with Crippen LogP contribution in [0.3, 0.4) is 0 Å². The molecule has 0 spiro atoms. The monoisotopic (exact) mass is 538 g/mol. The second kappa shape index (κ2) is 12.4. The molecule has 0 saturated carbocycles. The molecule has 2 aromatic heterocycles. The number of aryl methyl sites for hydroxylation is 1. The number of pyridine rings is 1. The van der Waals surface area contributed by atoms with Crippen LogP contribution >= 0.6 is 0 Å². The molecular weight excluding hydrogens is 496 g/mol. The Labute approximate surface area is 230 Å². The van der Waals surface area contributed by atoms with Gasteiger partial charge in [-0.25, -0.2) is 4.98 Å². The summed E-state index contributed by atoms with van der Waals surface area (Å²) in [5.41, 5.74) is 4.05. The highest BCUT2D eigenvalue weighted by Gasteiger charge is 2.33. The lowest BCUT2D eigenvalue weighted by atomic mass is 9.86. The van der Waals surface area contributed by atoms with E-state index < -0.39 is 6.04 Å². The van der Waals surface area contributed by atoms with Crippen LogP contribution in [-0.4, -0.2) is 59.6 Å². The van der Waals surface area contributed by atoms with Crippen LogP contribution in [0.15, 0.2) is 35.3 Å². The number of benzene rings is 1. The molecule has 2 N–H and O–H groups in total. The molecule has 39 heavy (non-hydrogen) atoms. The Morgan fingerprint density at radius 3 is 2.67 bits per heavy atom. The minimum atomic E-state index is -0.488. The number of carbonyl (C=O) groups excluding carboxylic acids is 1. The number of carbonyl (C=O) groups is 1. The molecule has 1 aliphatic heterocycles. The number of hydrogen-bond donors (Lipinski definition) is 2. The van der Waals surface area contributed by atoms with Gasteiger partial charge in [-0.05, 0) is 61.8 Å². The molecular formula is C30H42N4O5. The lowest BCUT2D eigenvalue weighted by molar-refractivity contribution is -0.156. The minimum Gasteiger partial charge on any atom is -0.459 e. The van der Waals surface area contributed by atoms with Gasteiger partial charge in [-0.15, -0.1) is 0 Å². The smallest absolute Gasteiger partial charge is 0.324 e. The molecule has 1 fully saturated rings. The van der Waals surface area contributed by atoms with E-state index >= 15 is 0 Å². The first-order valence-electron chi connectivity index (χ1n) is 13.8. The fourth-order valence-electron chi connectivity index (χ4n) is 5.10. The Morgan fingerprint density at radius 1 is 1.26 bits per heavy atom. The highest BCUT2D eigenvalue weighted by molar-refractivity contribution is 5.81. The Morgan fingerprint density at radius 2 is 2.00 bits per heavy atom. The third-order valence-electron chi connectivity index (χ3n) is 7.27. The molecule has 9 nitrogen and oxygen atoms in total.